The number of nitrogens with one attached hydrogen (secondary N) is 1. The molecule has 0 amide bonds. The zero-order chi connectivity index (χ0) is 12.0. The minimum atomic E-state index is -0.307. The second-order valence-electron chi connectivity index (χ2n) is 3.13. The number of hydrogen-bond acceptors (Lipinski definition) is 5. The number of aromatic nitrogens is 2. The standard InChI is InChI=1S/C10H16ClN3O2/c1-4-7-9(11)13-6-14-10(7)12-5-8(15-2)16-3/h6,8H,4-5H2,1-3H3,(H,12,13,14). The molecule has 1 aromatic heterocycles. The summed E-state index contributed by atoms with van der Waals surface area (Å²) in [6.07, 6.45) is 1.89. The van der Waals surface area contributed by atoms with Crippen LogP contribution in [0.3, 0.4) is 0 Å². The lowest BCUT2D eigenvalue weighted by Crippen LogP contribution is -2.24. The summed E-state index contributed by atoms with van der Waals surface area (Å²) in [4.78, 5) is 8.06. The summed E-state index contributed by atoms with van der Waals surface area (Å²) in [5, 5.41) is 3.60. The van der Waals surface area contributed by atoms with Crippen LogP contribution < -0.4 is 5.32 Å². The first-order chi connectivity index (χ1) is 7.72. The zero-order valence-corrected chi connectivity index (χ0v) is 10.4. The second-order valence-corrected chi connectivity index (χ2v) is 3.49. The van der Waals surface area contributed by atoms with Crippen molar-refractivity contribution in [1.82, 2.24) is 9.97 Å². The number of hydrogen-bond donors (Lipinski definition) is 1. The van der Waals surface area contributed by atoms with Crippen LogP contribution in [0.5, 0.6) is 0 Å². The van der Waals surface area contributed by atoms with Crippen LogP contribution in [0.25, 0.3) is 0 Å². The summed E-state index contributed by atoms with van der Waals surface area (Å²) in [6, 6.07) is 0. The Balaban J connectivity index is 2.69. The van der Waals surface area contributed by atoms with Gasteiger partial charge in [0.2, 0.25) is 0 Å². The van der Waals surface area contributed by atoms with Crippen LogP contribution in [0.15, 0.2) is 6.33 Å². The van der Waals surface area contributed by atoms with Crippen molar-refractivity contribution < 1.29 is 9.47 Å². The Bertz CT molecular complexity index is 332. The molecule has 0 atom stereocenters. The second kappa shape index (κ2) is 6.62. The molecule has 0 fully saturated rings. The molecule has 0 radical (unpaired) electrons. The largest absolute Gasteiger partial charge is 0.365 e. The van der Waals surface area contributed by atoms with Gasteiger partial charge in [0.25, 0.3) is 0 Å². The molecule has 0 unspecified atom stereocenters. The Hall–Kier alpha value is -0.910. The molecule has 0 bridgehead atoms. The van der Waals surface area contributed by atoms with E-state index in [1.807, 2.05) is 6.92 Å². The van der Waals surface area contributed by atoms with E-state index < -0.39 is 0 Å². The lowest BCUT2D eigenvalue weighted by Gasteiger charge is -2.16. The van der Waals surface area contributed by atoms with Crippen molar-refractivity contribution in [3.8, 4) is 0 Å². The maximum absolute atomic E-state index is 5.96. The first kappa shape index (κ1) is 13.2. The molecule has 0 aliphatic rings. The lowest BCUT2D eigenvalue weighted by atomic mass is 10.2. The van der Waals surface area contributed by atoms with Gasteiger partial charge in [-0.2, -0.15) is 0 Å². The van der Waals surface area contributed by atoms with E-state index in [2.05, 4.69) is 15.3 Å². The van der Waals surface area contributed by atoms with Gasteiger partial charge in [-0.25, -0.2) is 9.97 Å². The van der Waals surface area contributed by atoms with Crippen molar-refractivity contribution in [3.63, 3.8) is 0 Å². The van der Waals surface area contributed by atoms with E-state index in [1.165, 1.54) is 6.33 Å². The minimum Gasteiger partial charge on any atom is -0.365 e. The summed E-state index contributed by atoms with van der Waals surface area (Å²) in [5.74, 6) is 0.724. The number of ether oxygens (including phenoxy) is 2. The van der Waals surface area contributed by atoms with E-state index in [0.717, 1.165) is 17.8 Å². The van der Waals surface area contributed by atoms with Crippen molar-refractivity contribution in [3.05, 3.63) is 17.0 Å². The van der Waals surface area contributed by atoms with Gasteiger partial charge >= 0.3 is 0 Å². The summed E-state index contributed by atoms with van der Waals surface area (Å²) in [7, 11) is 3.17. The van der Waals surface area contributed by atoms with E-state index in [1.54, 1.807) is 14.2 Å². The van der Waals surface area contributed by atoms with Gasteiger partial charge in [0.05, 0.1) is 6.54 Å². The quantitative estimate of drug-likeness (QED) is 0.611. The Morgan fingerprint density at radius 2 is 2.06 bits per heavy atom. The van der Waals surface area contributed by atoms with Crippen LogP contribution in [-0.4, -0.2) is 37.0 Å². The average Bonchev–Trinajstić information content (AvgIpc) is 2.30. The summed E-state index contributed by atoms with van der Waals surface area (Å²) in [5.41, 5.74) is 0.898. The molecule has 0 saturated heterocycles. The van der Waals surface area contributed by atoms with Crippen molar-refractivity contribution in [1.29, 1.82) is 0 Å². The zero-order valence-electron chi connectivity index (χ0n) is 9.66. The SMILES string of the molecule is CCc1c(Cl)ncnc1NCC(OC)OC. The Morgan fingerprint density at radius 3 is 2.62 bits per heavy atom. The Morgan fingerprint density at radius 1 is 1.38 bits per heavy atom. The van der Waals surface area contributed by atoms with E-state index in [9.17, 15) is 0 Å². The highest BCUT2D eigenvalue weighted by molar-refractivity contribution is 6.30. The number of halogens is 1. The van der Waals surface area contributed by atoms with Crippen LogP contribution in [0, 0.1) is 0 Å². The number of anilines is 1. The first-order valence-corrected chi connectivity index (χ1v) is 5.39. The normalized spacial score (nSPS) is 10.8. The molecule has 0 aromatic carbocycles. The Kier molecular flexibility index (Phi) is 5.45. The van der Waals surface area contributed by atoms with Gasteiger partial charge in [-0.15, -0.1) is 0 Å². The predicted octanol–water partition coefficient (Wildman–Crippen LogP) is 1.72. The van der Waals surface area contributed by atoms with E-state index in [-0.39, 0.29) is 6.29 Å². The third-order valence-corrected chi connectivity index (χ3v) is 2.53. The van der Waals surface area contributed by atoms with Crippen LogP contribution in [0.4, 0.5) is 5.82 Å². The molecule has 6 heteroatoms. The highest BCUT2D eigenvalue weighted by Crippen LogP contribution is 2.19. The monoisotopic (exact) mass is 245 g/mol. The molecule has 0 spiro atoms. The highest BCUT2D eigenvalue weighted by Gasteiger charge is 2.10. The molecular formula is C10H16ClN3O2. The fraction of sp³-hybridized carbons (Fsp3) is 0.600. The van der Waals surface area contributed by atoms with Gasteiger partial charge in [0, 0.05) is 19.8 Å². The smallest absolute Gasteiger partial charge is 0.173 e. The topological polar surface area (TPSA) is 56.3 Å². The van der Waals surface area contributed by atoms with Crippen LogP contribution >= 0.6 is 11.6 Å². The number of rotatable bonds is 6. The van der Waals surface area contributed by atoms with E-state index >= 15 is 0 Å². The van der Waals surface area contributed by atoms with Crippen LogP contribution in [0.1, 0.15) is 12.5 Å². The van der Waals surface area contributed by atoms with Crippen LogP contribution in [-0.2, 0) is 15.9 Å². The fourth-order valence-electron chi connectivity index (χ4n) is 1.30. The molecule has 0 saturated carbocycles. The first-order valence-electron chi connectivity index (χ1n) is 5.01. The number of nitrogens with zero attached hydrogens (tertiary/aromatic N) is 2. The van der Waals surface area contributed by atoms with E-state index in [4.69, 9.17) is 21.1 Å². The predicted molar refractivity (Wildman–Crippen MR) is 62.7 cm³/mol. The van der Waals surface area contributed by atoms with Gasteiger partial charge in [-0.05, 0) is 6.42 Å². The molecule has 0 aliphatic carbocycles. The third-order valence-electron chi connectivity index (χ3n) is 2.21. The molecule has 1 aromatic rings. The van der Waals surface area contributed by atoms with E-state index in [0.29, 0.717) is 11.7 Å². The molecule has 1 rings (SSSR count). The third kappa shape index (κ3) is 3.30. The highest BCUT2D eigenvalue weighted by atomic mass is 35.5. The van der Waals surface area contributed by atoms with Gasteiger partial charge in [-0.3, -0.25) is 0 Å². The molecule has 90 valence electrons. The maximum Gasteiger partial charge on any atom is 0.173 e. The van der Waals surface area contributed by atoms with Gasteiger partial charge in [0.1, 0.15) is 17.3 Å². The average molecular weight is 246 g/mol. The summed E-state index contributed by atoms with van der Waals surface area (Å²) in [6.45, 7) is 2.51. The minimum absolute atomic E-state index is 0.307. The molecule has 1 heterocycles. The lowest BCUT2D eigenvalue weighted by molar-refractivity contribution is -0.0914. The summed E-state index contributed by atoms with van der Waals surface area (Å²) < 4.78 is 10.1. The molecule has 0 aliphatic heterocycles. The fourth-order valence-corrected chi connectivity index (χ4v) is 1.57. The molecule has 16 heavy (non-hydrogen) atoms. The molecule has 1 N–H and O–H groups in total. The van der Waals surface area contributed by atoms with Crippen molar-refractivity contribution in [2.24, 2.45) is 0 Å². The number of methoxy groups -OCH3 is 2. The van der Waals surface area contributed by atoms with Crippen LogP contribution in [0.2, 0.25) is 5.15 Å². The van der Waals surface area contributed by atoms with Crippen molar-refractivity contribution in [2.75, 3.05) is 26.1 Å². The van der Waals surface area contributed by atoms with Gasteiger partial charge < -0.3 is 14.8 Å². The van der Waals surface area contributed by atoms with Crippen molar-refractivity contribution in [2.45, 2.75) is 19.6 Å². The maximum atomic E-state index is 5.96. The Labute approximate surface area is 100 Å². The molecular weight excluding hydrogens is 230 g/mol. The van der Waals surface area contributed by atoms with Crippen molar-refractivity contribution >= 4 is 17.4 Å². The van der Waals surface area contributed by atoms with Gasteiger partial charge in [-0.1, -0.05) is 18.5 Å². The van der Waals surface area contributed by atoms with Gasteiger partial charge in [0.15, 0.2) is 6.29 Å². The molecule has 5 nitrogen and oxygen atoms in total. The summed E-state index contributed by atoms with van der Waals surface area (Å²) >= 11 is 5.96.